The first-order chi connectivity index (χ1) is 7.43. The highest BCUT2D eigenvalue weighted by Crippen LogP contribution is 2.42. The molecule has 1 aliphatic carbocycles. The van der Waals surface area contributed by atoms with Crippen molar-refractivity contribution < 1.29 is 5.11 Å². The average Bonchev–Trinajstić information content (AvgIpc) is 3.02. The van der Waals surface area contributed by atoms with Gasteiger partial charge < -0.3 is 10.4 Å². The lowest BCUT2D eigenvalue weighted by Gasteiger charge is -2.35. The summed E-state index contributed by atoms with van der Waals surface area (Å²) in [5.41, 5.74) is -0.0199. The molecule has 1 unspecified atom stereocenters. The van der Waals surface area contributed by atoms with E-state index in [0.717, 1.165) is 18.7 Å². The molecule has 0 radical (unpaired) electrons. The zero-order chi connectivity index (χ0) is 12.2. The first-order valence-electron chi connectivity index (χ1n) is 6.43. The Labute approximate surface area is 105 Å². The Balaban J connectivity index is 2.54. The monoisotopic (exact) mass is 245 g/mol. The molecule has 1 atom stereocenters. The van der Waals surface area contributed by atoms with Gasteiger partial charge in [-0.3, -0.25) is 0 Å². The zero-order valence-corrected chi connectivity index (χ0v) is 12.0. The number of rotatable bonds is 7. The van der Waals surface area contributed by atoms with Crippen molar-refractivity contribution in [3.8, 4) is 0 Å². The fourth-order valence-corrected chi connectivity index (χ4v) is 3.02. The quantitative estimate of drug-likeness (QED) is 0.723. The van der Waals surface area contributed by atoms with Crippen LogP contribution in [0.5, 0.6) is 0 Å². The average molecular weight is 245 g/mol. The molecular formula is C13H27NOS. The molecule has 1 rings (SSSR count). The molecule has 96 valence electrons. The smallest absolute Gasteiger partial charge is 0.0624 e. The molecule has 16 heavy (non-hydrogen) atoms. The van der Waals surface area contributed by atoms with E-state index in [2.05, 4.69) is 33.0 Å². The molecule has 1 aliphatic rings. The largest absolute Gasteiger partial charge is 0.394 e. The van der Waals surface area contributed by atoms with Gasteiger partial charge in [-0.15, -0.1) is 0 Å². The minimum absolute atomic E-state index is 0.0199. The van der Waals surface area contributed by atoms with Gasteiger partial charge in [0, 0.05) is 10.5 Å². The number of hydrogen-bond acceptors (Lipinski definition) is 3. The second kappa shape index (κ2) is 5.74. The fourth-order valence-electron chi connectivity index (χ4n) is 1.90. The van der Waals surface area contributed by atoms with Crippen molar-refractivity contribution >= 4 is 11.8 Å². The van der Waals surface area contributed by atoms with Crippen LogP contribution in [0.4, 0.5) is 0 Å². The summed E-state index contributed by atoms with van der Waals surface area (Å²) < 4.78 is 0.281. The lowest BCUT2D eigenvalue weighted by molar-refractivity contribution is 0.159. The van der Waals surface area contributed by atoms with Crippen LogP contribution in [0.15, 0.2) is 0 Å². The van der Waals surface area contributed by atoms with Crippen molar-refractivity contribution in [2.45, 2.75) is 57.2 Å². The van der Waals surface area contributed by atoms with Crippen molar-refractivity contribution in [2.24, 2.45) is 5.92 Å². The minimum atomic E-state index is -0.0199. The molecule has 1 fully saturated rings. The Kier molecular flexibility index (Phi) is 5.14. The van der Waals surface area contributed by atoms with Crippen LogP contribution in [-0.2, 0) is 0 Å². The molecule has 3 heteroatoms. The van der Waals surface area contributed by atoms with E-state index < -0.39 is 0 Å². The fraction of sp³-hybridized carbons (Fsp3) is 1.00. The van der Waals surface area contributed by atoms with E-state index in [-0.39, 0.29) is 16.9 Å². The Bertz CT molecular complexity index is 210. The number of hydrogen-bond donors (Lipinski definition) is 2. The normalized spacial score (nSPS) is 20.8. The van der Waals surface area contributed by atoms with Gasteiger partial charge in [0.2, 0.25) is 0 Å². The van der Waals surface area contributed by atoms with Crippen LogP contribution in [-0.4, -0.2) is 34.3 Å². The third-order valence-electron chi connectivity index (χ3n) is 3.13. The summed E-state index contributed by atoms with van der Waals surface area (Å²) in [5, 5.41) is 13.3. The highest BCUT2D eigenvalue weighted by molar-refractivity contribution is 8.00. The molecule has 1 saturated carbocycles. The maximum absolute atomic E-state index is 9.73. The second-order valence-electron chi connectivity index (χ2n) is 5.92. The molecule has 0 spiro atoms. The van der Waals surface area contributed by atoms with E-state index in [0.29, 0.717) is 5.92 Å². The summed E-state index contributed by atoms with van der Waals surface area (Å²) in [4.78, 5) is 0. The minimum Gasteiger partial charge on any atom is -0.394 e. The Morgan fingerprint density at radius 2 is 1.94 bits per heavy atom. The van der Waals surface area contributed by atoms with E-state index in [9.17, 15) is 5.11 Å². The van der Waals surface area contributed by atoms with Crippen molar-refractivity contribution in [2.75, 3.05) is 18.9 Å². The lowest BCUT2D eigenvalue weighted by atomic mass is 9.96. The maximum atomic E-state index is 9.73. The van der Waals surface area contributed by atoms with Gasteiger partial charge in [-0.1, -0.05) is 27.7 Å². The van der Waals surface area contributed by atoms with Gasteiger partial charge in [-0.25, -0.2) is 0 Å². The van der Waals surface area contributed by atoms with Crippen LogP contribution in [0.1, 0.15) is 47.0 Å². The van der Waals surface area contributed by atoms with E-state index in [1.54, 1.807) is 0 Å². The molecule has 0 aromatic carbocycles. The highest BCUT2D eigenvalue weighted by atomic mass is 32.2. The van der Waals surface area contributed by atoms with Gasteiger partial charge in [-0.2, -0.15) is 11.8 Å². The highest BCUT2D eigenvalue weighted by Gasteiger charge is 2.44. The number of aliphatic hydroxyl groups is 1. The summed E-state index contributed by atoms with van der Waals surface area (Å²) in [5.74, 6) is 1.72. The first-order valence-corrected chi connectivity index (χ1v) is 7.42. The molecule has 2 N–H and O–H groups in total. The number of nitrogens with one attached hydrogen (secondary N) is 1. The van der Waals surface area contributed by atoms with Crippen molar-refractivity contribution in [3.63, 3.8) is 0 Å². The Morgan fingerprint density at radius 3 is 2.31 bits per heavy atom. The predicted octanol–water partition coefficient (Wildman–Crippen LogP) is 2.66. The summed E-state index contributed by atoms with van der Waals surface area (Å²) in [7, 11) is 0. The van der Waals surface area contributed by atoms with Crippen molar-refractivity contribution in [1.29, 1.82) is 0 Å². The van der Waals surface area contributed by atoms with Crippen LogP contribution < -0.4 is 5.32 Å². The third-order valence-corrected chi connectivity index (χ3v) is 4.66. The van der Waals surface area contributed by atoms with E-state index in [1.165, 1.54) is 12.8 Å². The molecule has 0 bridgehead atoms. The summed E-state index contributed by atoms with van der Waals surface area (Å²) in [6.07, 6.45) is 3.69. The first kappa shape index (κ1) is 14.3. The molecule has 2 nitrogen and oxygen atoms in total. The van der Waals surface area contributed by atoms with E-state index in [4.69, 9.17) is 0 Å². The van der Waals surface area contributed by atoms with Gasteiger partial charge in [-0.05, 0) is 31.7 Å². The van der Waals surface area contributed by atoms with E-state index >= 15 is 0 Å². The predicted molar refractivity (Wildman–Crippen MR) is 73.0 cm³/mol. The van der Waals surface area contributed by atoms with Gasteiger partial charge in [0.15, 0.2) is 0 Å². The maximum Gasteiger partial charge on any atom is 0.0624 e. The van der Waals surface area contributed by atoms with E-state index in [1.807, 2.05) is 11.8 Å². The van der Waals surface area contributed by atoms with Crippen LogP contribution in [0, 0.1) is 5.92 Å². The third kappa shape index (κ3) is 4.27. The van der Waals surface area contributed by atoms with Gasteiger partial charge in [0.1, 0.15) is 0 Å². The van der Waals surface area contributed by atoms with Crippen LogP contribution in [0.25, 0.3) is 0 Å². The zero-order valence-electron chi connectivity index (χ0n) is 11.2. The standard InChI is InChI=1S/C13H27NOS/c1-5-8-14-13(9-15,11-6-7-11)10-16-12(2,3)4/h11,14-15H,5-10H2,1-4H3. The summed E-state index contributed by atoms with van der Waals surface area (Å²) in [6.45, 7) is 10.2. The van der Waals surface area contributed by atoms with Crippen molar-refractivity contribution in [1.82, 2.24) is 5.32 Å². The molecule has 0 heterocycles. The molecule has 0 aliphatic heterocycles. The lowest BCUT2D eigenvalue weighted by Crippen LogP contribution is -2.53. The van der Waals surface area contributed by atoms with Gasteiger partial charge >= 0.3 is 0 Å². The molecule has 0 aromatic heterocycles. The number of thioether (sulfide) groups is 1. The van der Waals surface area contributed by atoms with Gasteiger partial charge in [0.05, 0.1) is 12.1 Å². The Hall–Kier alpha value is 0.270. The molecule has 0 aromatic rings. The van der Waals surface area contributed by atoms with Crippen molar-refractivity contribution in [3.05, 3.63) is 0 Å². The number of aliphatic hydroxyl groups excluding tert-OH is 1. The molecule has 0 amide bonds. The van der Waals surface area contributed by atoms with Crippen LogP contribution >= 0.6 is 11.8 Å². The molecular weight excluding hydrogens is 218 g/mol. The second-order valence-corrected chi connectivity index (χ2v) is 7.72. The van der Waals surface area contributed by atoms with Crippen LogP contribution in [0.3, 0.4) is 0 Å². The topological polar surface area (TPSA) is 32.3 Å². The SMILES string of the molecule is CCCNC(CO)(CSC(C)(C)C)C1CC1. The summed E-state index contributed by atoms with van der Waals surface area (Å²) >= 11 is 1.96. The molecule has 0 saturated heterocycles. The Morgan fingerprint density at radius 1 is 1.31 bits per heavy atom. The van der Waals surface area contributed by atoms with Gasteiger partial charge in [0.25, 0.3) is 0 Å². The van der Waals surface area contributed by atoms with Crippen LogP contribution in [0.2, 0.25) is 0 Å². The summed E-state index contributed by atoms with van der Waals surface area (Å²) in [6, 6.07) is 0.